The van der Waals surface area contributed by atoms with Crippen LogP contribution in [0, 0.1) is 0 Å². The molecule has 3 nitrogen and oxygen atoms in total. The largest absolute Gasteiger partial charge is 0.383 e. The molecule has 1 aromatic carbocycles. The first kappa shape index (κ1) is 13.9. The standard InChI is InChI=1S/C13H18Cl2N2O/c14-10-3-4-13(12(15)8-10)17-6-5-16-9-11-2-1-7-18-11/h3-4,8,11,16-17H,1-2,5-7,9H2. The number of ether oxygens (including phenoxy) is 1. The van der Waals surface area contributed by atoms with Crippen molar-refractivity contribution in [3.63, 3.8) is 0 Å². The lowest BCUT2D eigenvalue weighted by atomic mass is 10.2. The first-order valence-electron chi connectivity index (χ1n) is 6.27. The number of hydrogen-bond acceptors (Lipinski definition) is 3. The fourth-order valence-corrected chi connectivity index (χ4v) is 2.46. The molecule has 18 heavy (non-hydrogen) atoms. The zero-order valence-electron chi connectivity index (χ0n) is 10.2. The van der Waals surface area contributed by atoms with Gasteiger partial charge in [0.15, 0.2) is 0 Å². The molecular weight excluding hydrogens is 271 g/mol. The second kappa shape index (κ2) is 7.19. The van der Waals surface area contributed by atoms with Gasteiger partial charge < -0.3 is 15.4 Å². The van der Waals surface area contributed by atoms with E-state index in [4.69, 9.17) is 27.9 Å². The van der Waals surface area contributed by atoms with E-state index in [1.807, 2.05) is 12.1 Å². The Bertz CT molecular complexity index is 381. The molecule has 100 valence electrons. The van der Waals surface area contributed by atoms with Crippen LogP contribution < -0.4 is 10.6 Å². The maximum Gasteiger partial charge on any atom is 0.0700 e. The molecular formula is C13H18Cl2N2O. The fraction of sp³-hybridized carbons (Fsp3) is 0.538. The molecule has 1 fully saturated rings. The van der Waals surface area contributed by atoms with E-state index < -0.39 is 0 Å². The van der Waals surface area contributed by atoms with Gasteiger partial charge in [0.1, 0.15) is 0 Å². The van der Waals surface area contributed by atoms with Crippen LogP contribution in [0.25, 0.3) is 0 Å². The predicted molar refractivity (Wildman–Crippen MR) is 76.8 cm³/mol. The van der Waals surface area contributed by atoms with Gasteiger partial charge in [0.05, 0.1) is 16.8 Å². The number of anilines is 1. The van der Waals surface area contributed by atoms with Crippen molar-refractivity contribution in [1.82, 2.24) is 5.32 Å². The first-order valence-corrected chi connectivity index (χ1v) is 7.02. The van der Waals surface area contributed by atoms with Crippen LogP contribution in [-0.2, 0) is 4.74 Å². The van der Waals surface area contributed by atoms with Gasteiger partial charge in [-0.1, -0.05) is 23.2 Å². The van der Waals surface area contributed by atoms with Gasteiger partial charge in [-0.2, -0.15) is 0 Å². The third kappa shape index (κ3) is 4.32. The molecule has 1 aliphatic rings. The predicted octanol–water partition coefficient (Wildman–Crippen LogP) is 3.17. The smallest absolute Gasteiger partial charge is 0.0700 e. The Labute approximate surface area is 118 Å². The quantitative estimate of drug-likeness (QED) is 0.789. The van der Waals surface area contributed by atoms with E-state index in [2.05, 4.69) is 10.6 Å². The summed E-state index contributed by atoms with van der Waals surface area (Å²) in [4.78, 5) is 0. The summed E-state index contributed by atoms with van der Waals surface area (Å²) in [5.41, 5.74) is 0.917. The SMILES string of the molecule is Clc1ccc(NCCNCC2CCCO2)c(Cl)c1. The Balaban J connectivity index is 1.62. The van der Waals surface area contributed by atoms with E-state index in [0.717, 1.165) is 31.9 Å². The van der Waals surface area contributed by atoms with Crippen LogP contribution in [0.2, 0.25) is 10.0 Å². The van der Waals surface area contributed by atoms with Crippen molar-refractivity contribution in [3.05, 3.63) is 28.2 Å². The van der Waals surface area contributed by atoms with Crippen LogP contribution in [0.4, 0.5) is 5.69 Å². The molecule has 1 unspecified atom stereocenters. The van der Waals surface area contributed by atoms with Gasteiger partial charge in [-0.3, -0.25) is 0 Å². The monoisotopic (exact) mass is 288 g/mol. The summed E-state index contributed by atoms with van der Waals surface area (Å²) in [5, 5.41) is 7.95. The second-order valence-electron chi connectivity index (χ2n) is 4.39. The van der Waals surface area contributed by atoms with Gasteiger partial charge in [0, 0.05) is 31.3 Å². The molecule has 0 amide bonds. The summed E-state index contributed by atoms with van der Waals surface area (Å²) in [6, 6.07) is 5.46. The fourth-order valence-electron chi connectivity index (χ4n) is 1.99. The van der Waals surface area contributed by atoms with Crippen molar-refractivity contribution in [2.45, 2.75) is 18.9 Å². The maximum atomic E-state index is 6.06. The van der Waals surface area contributed by atoms with Crippen LogP contribution in [0.1, 0.15) is 12.8 Å². The van der Waals surface area contributed by atoms with Crippen molar-refractivity contribution < 1.29 is 4.74 Å². The summed E-state index contributed by atoms with van der Waals surface area (Å²) >= 11 is 11.9. The van der Waals surface area contributed by atoms with Gasteiger partial charge in [0.2, 0.25) is 0 Å². The molecule has 0 radical (unpaired) electrons. The highest BCUT2D eigenvalue weighted by molar-refractivity contribution is 6.36. The zero-order chi connectivity index (χ0) is 12.8. The van der Waals surface area contributed by atoms with Crippen molar-refractivity contribution in [2.24, 2.45) is 0 Å². The minimum atomic E-state index is 0.393. The molecule has 5 heteroatoms. The van der Waals surface area contributed by atoms with Crippen molar-refractivity contribution in [2.75, 3.05) is 31.6 Å². The maximum absolute atomic E-state index is 6.06. The molecule has 0 saturated carbocycles. The third-order valence-electron chi connectivity index (χ3n) is 2.94. The van der Waals surface area contributed by atoms with E-state index in [-0.39, 0.29) is 0 Å². The van der Waals surface area contributed by atoms with E-state index >= 15 is 0 Å². The van der Waals surface area contributed by atoms with E-state index in [1.165, 1.54) is 12.8 Å². The highest BCUT2D eigenvalue weighted by Crippen LogP contribution is 2.24. The first-order chi connectivity index (χ1) is 8.75. The van der Waals surface area contributed by atoms with Crippen LogP contribution in [0.5, 0.6) is 0 Å². The number of nitrogens with one attached hydrogen (secondary N) is 2. The molecule has 1 saturated heterocycles. The van der Waals surface area contributed by atoms with E-state index in [0.29, 0.717) is 16.1 Å². The van der Waals surface area contributed by atoms with E-state index in [1.54, 1.807) is 6.07 Å². The Hall–Kier alpha value is -0.480. The van der Waals surface area contributed by atoms with Gasteiger partial charge in [-0.15, -0.1) is 0 Å². The molecule has 1 heterocycles. The van der Waals surface area contributed by atoms with Crippen molar-refractivity contribution in [1.29, 1.82) is 0 Å². The van der Waals surface area contributed by atoms with Gasteiger partial charge in [0.25, 0.3) is 0 Å². The third-order valence-corrected chi connectivity index (χ3v) is 3.49. The van der Waals surface area contributed by atoms with Crippen LogP contribution in [0.15, 0.2) is 18.2 Å². The molecule has 1 aromatic rings. The zero-order valence-corrected chi connectivity index (χ0v) is 11.7. The van der Waals surface area contributed by atoms with Gasteiger partial charge in [-0.25, -0.2) is 0 Å². The topological polar surface area (TPSA) is 33.3 Å². The molecule has 1 aliphatic heterocycles. The molecule has 1 atom stereocenters. The lowest BCUT2D eigenvalue weighted by Gasteiger charge is -2.12. The number of halogens is 2. The molecule has 0 aromatic heterocycles. The Morgan fingerprint density at radius 2 is 2.17 bits per heavy atom. The normalized spacial score (nSPS) is 19.1. The van der Waals surface area contributed by atoms with Crippen LogP contribution in [0.3, 0.4) is 0 Å². The summed E-state index contributed by atoms with van der Waals surface area (Å²) in [7, 11) is 0. The van der Waals surface area contributed by atoms with Gasteiger partial charge in [-0.05, 0) is 31.0 Å². The molecule has 0 aliphatic carbocycles. The lowest BCUT2D eigenvalue weighted by Crippen LogP contribution is -2.30. The van der Waals surface area contributed by atoms with Crippen molar-refractivity contribution in [3.8, 4) is 0 Å². The molecule has 2 rings (SSSR count). The Kier molecular flexibility index (Phi) is 5.57. The van der Waals surface area contributed by atoms with E-state index in [9.17, 15) is 0 Å². The average molecular weight is 289 g/mol. The second-order valence-corrected chi connectivity index (χ2v) is 5.23. The summed E-state index contributed by atoms with van der Waals surface area (Å²) < 4.78 is 5.53. The van der Waals surface area contributed by atoms with Gasteiger partial charge >= 0.3 is 0 Å². The minimum Gasteiger partial charge on any atom is -0.383 e. The molecule has 0 bridgehead atoms. The Morgan fingerprint density at radius 1 is 1.28 bits per heavy atom. The van der Waals surface area contributed by atoms with Crippen molar-refractivity contribution >= 4 is 28.9 Å². The van der Waals surface area contributed by atoms with Crippen LogP contribution in [-0.4, -0.2) is 32.3 Å². The average Bonchev–Trinajstić information content (AvgIpc) is 2.84. The molecule has 2 N–H and O–H groups in total. The minimum absolute atomic E-state index is 0.393. The highest BCUT2D eigenvalue weighted by Gasteiger charge is 2.14. The van der Waals surface area contributed by atoms with Crippen LogP contribution >= 0.6 is 23.2 Å². The number of benzene rings is 1. The summed E-state index contributed by atoms with van der Waals surface area (Å²) in [6.45, 7) is 3.55. The number of hydrogen-bond donors (Lipinski definition) is 2. The lowest BCUT2D eigenvalue weighted by molar-refractivity contribution is 0.110. The summed E-state index contributed by atoms with van der Waals surface area (Å²) in [5.74, 6) is 0. The Morgan fingerprint density at radius 3 is 2.89 bits per heavy atom. The highest BCUT2D eigenvalue weighted by atomic mass is 35.5. The molecule has 0 spiro atoms. The number of rotatable bonds is 6. The summed E-state index contributed by atoms with van der Waals surface area (Å²) in [6.07, 6.45) is 2.75.